The van der Waals surface area contributed by atoms with Crippen molar-refractivity contribution >= 4 is 21.7 Å². The summed E-state index contributed by atoms with van der Waals surface area (Å²) in [6.07, 6.45) is 2.49. The number of rotatable bonds is 8. The monoisotopic (exact) mass is 557 g/mol. The molecule has 0 unspecified atom stereocenters. The first kappa shape index (κ1) is 27.3. The second kappa shape index (κ2) is 11.4. The third-order valence-corrected chi connectivity index (χ3v) is 9.67. The molecule has 212 valence electrons. The number of carbonyl (C=O) groups excluding carboxylic acids is 1. The van der Waals surface area contributed by atoms with Crippen molar-refractivity contribution in [1.29, 1.82) is 0 Å². The van der Waals surface area contributed by atoms with E-state index < -0.39 is 15.4 Å². The van der Waals surface area contributed by atoms with E-state index in [4.69, 9.17) is 9.47 Å². The van der Waals surface area contributed by atoms with Gasteiger partial charge in [-0.15, -0.1) is 0 Å². The number of pyridine rings is 1. The van der Waals surface area contributed by atoms with Gasteiger partial charge in [0.05, 0.1) is 29.7 Å². The molecular weight excluding hydrogens is 518 g/mol. The predicted octanol–water partition coefficient (Wildman–Crippen LogP) is 4.33. The molecule has 2 aliphatic heterocycles. The van der Waals surface area contributed by atoms with Gasteiger partial charge in [-0.3, -0.25) is 4.79 Å². The lowest BCUT2D eigenvalue weighted by Crippen LogP contribution is -2.45. The Morgan fingerprint density at radius 2 is 1.85 bits per heavy atom. The van der Waals surface area contributed by atoms with E-state index in [0.29, 0.717) is 50.5 Å². The van der Waals surface area contributed by atoms with Crippen molar-refractivity contribution in [3.63, 3.8) is 0 Å². The quantitative estimate of drug-likeness (QED) is 0.423. The summed E-state index contributed by atoms with van der Waals surface area (Å²) in [7, 11) is -2.09. The minimum Gasteiger partial charge on any atom is -0.497 e. The maximum absolute atomic E-state index is 13.7. The van der Waals surface area contributed by atoms with Crippen molar-refractivity contribution in [3.05, 3.63) is 72.3 Å². The molecule has 3 aromatic rings. The lowest BCUT2D eigenvalue weighted by atomic mass is 9.73. The van der Waals surface area contributed by atoms with Gasteiger partial charge in [-0.2, -0.15) is 4.31 Å². The Bertz CT molecular complexity index is 1420. The zero-order valence-electron chi connectivity index (χ0n) is 21.9. The second-order valence-electron chi connectivity index (χ2n) is 9.90. The molecule has 1 atom stereocenters. The number of ether oxygens (including phenoxy) is 2. The van der Waals surface area contributed by atoms with Crippen molar-refractivity contribution in [2.75, 3.05) is 38.8 Å². The van der Waals surface area contributed by atoms with Gasteiger partial charge >= 0.3 is 0 Å². The van der Waals surface area contributed by atoms with E-state index in [1.165, 1.54) is 4.31 Å². The molecule has 0 spiro atoms. The van der Waals surface area contributed by atoms with Crippen LogP contribution in [0.2, 0.25) is 0 Å². The van der Waals surface area contributed by atoms with Crippen LogP contribution < -0.4 is 10.1 Å². The molecule has 1 aromatic heterocycles. The lowest BCUT2D eigenvalue weighted by Gasteiger charge is -2.36. The van der Waals surface area contributed by atoms with Crippen LogP contribution in [0.5, 0.6) is 5.75 Å². The number of aromatic nitrogens is 1. The van der Waals surface area contributed by atoms with Gasteiger partial charge in [0.2, 0.25) is 15.9 Å². The highest BCUT2D eigenvalue weighted by atomic mass is 32.2. The largest absolute Gasteiger partial charge is 0.497 e. The molecule has 2 aliphatic rings. The predicted molar refractivity (Wildman–Crippen MR) is 153 cm³/mol. The van der Waals surface area contributed by atoms with Gasteiger partial charge in [0.15, 0.2) is 0 Å². The standard InChI is InChI=1S/C29H33N3O6S.3H2/c1-37-24-11-9-22(10-12-24)29(15-18-38-19-16-29)28(34)31-27-6-2-5-26(30-27)21-7-13-25(14-8-21)39(35,36)32-17-3-4-23(32)20-33;;;/h2,5-14,23,33H,3-4,15-20H2,1H3,(H,30,31,34);3*1H/t23-;;;/m1.../s1. The van der Waals surface area contributed by atoms with Crippen LogP contribution in [0.3, 0.4) is 0 Å². The van der Waals surface area contributed by atoms with E-state index in [0.717, 1.165) is 23.3 Å². The molecule has 10 heteroatoms. The number of hydrogen-bond acceptors (Lipinski definition) is 7. The summed E-state index contributed by atoms with van der Waals surface area (Å²) in [4.78, 5) is 18.5. The number of methoxy groups -OCH3 is 1. The van der Waals surface area contributed by atoms with E-state index >= 15 is 0 Å². The highest BCUT2D eigenvalue weighted by molar-refractivity contribution is 7.89. The minimum absolute atomic E-state index is 0. The van der Waals surface area contributed by atoms with Gasteiger partial charge in [0.25, 0.3) is 0 Å². The molecule has 0 aliphatic carbocycles. The third kappa shape index (κ3) is 5.42. The van der Waals surface area contributed by atoms with E-state index in [-0.39, 0.29) is 27.7 Å². The van der Waals surface area contributed by atoms with Crippen LogP contribution in [0.25, 0.3) is 11.3 Å². The minimum atomic E-state index is -3.70. The van der Waals surface area contributed by atoms with Crippen molar-refractivity contribution < 1.29 is 32.1 Å². The second-order valence-corrected chi connectivity index (χ2v) is 11.8. The number of anilines is 1. The molecule has 2 saturated heterocycles. The van der Waals surface area contributed by atoms with Crippen LogP contribution in [-0.2, 0) is 25.0 Å². The van der Waals surface area contributed by atoms with Gasteiger partial charge in [0, 0.05) is 35.6 Å². The third-order valence-electron chi connectivity index (χ3n) is 7.70. The van der Waals surface area contributed by atoms with Crippen molar-refractivity contribution in [2.24, 2.45) is 0 Å². The van der Waals surface area contributed by atoms with Crippen LogP contribution in [0.15, 0.2) is 71.6 Å². The number of amides is 1. The topological polar surface area (TPSA) is 118 Å². The maximum atomic E-state index is 13.7. The lowest BCUT2D eigenvalue weighted by molar-refractivity contribution is -0.125. The van der Waals surface area contributed by atoms with E-state index in [9.17, 15) is 18.3 Å². The summed E-state index contributed by atoms with van der Waals surface area (Å²) in [5.41, 5.74) is 1.48. The van der Waals surface area contributed by atoms with E-state index in [2.05, 4.69) is 10.3 Å². The van der Waals surface area contributed by atoms with Crippen LogP contribution in [0.4, 0.5) is 5.82 Å². The Morgan fingerprint density at radius 1 is 1.13 bits per heavy atom. The first-order valence-corrected chi connectivity index (χ1v) is 14.6. The molecule has 0 radical (unpaired) electrons. The van der Waals surface area contributed by atoms with Crippen molar-refractivity contribution in [3.8, 4) is 17.0 Å². The first-order chi connectivity index (χ1) is 18.9. The van der Waals surface area contributed by atoms with Gasteiger partial charge in [-0.05, 0) is 67.6 Å². The number of carbonyl (C=O) groups is 1. The van der Waals surface area contributed by atoms with Crippen LogP contribution >= 0.6 is 0 Å². The van der Waals surface area contributed by atoms with Gasteiger partial charge in [-0.1, -0.05) is 30.3 Å². The molecule has 0 saturated carbocycles. The molecule has 2 fully saturated rings. The van der Waals surface area contributed by atoms with E-state index in [1.807, 2.05) is 36.4 Å². The maximum Gasteiger partial charge on any atom is 0.243 e. The molecular formula is C29H39N3O6S. The summed E-state index contributed by atoms with van der Waals surface area (Å²) in [5.74, 6) is 0.991. The van der Waals surface area contributed by atoms with E-state index in [1.54, 1.807) is 37.4 Å². The zero-order chi connectivity index (χ0) is 27.5. The fourth-order valence-electron chi connectivity index (χ4n) is 5.42. The molecule has 1 amide bonds. The Morgan fingerprint density at radius 3 is 2.51 bits per heavy atom. The smallest absolute Gasteiger partial charge is 0.243 e. The number of benzene rings is 2. The molecule has 2 aromatic carbocycles. The summed E-state index contributed by atoms with van der Waals surface area (Å²) >= 11 is 0. The average Bonchev–Trinajstić information content (AvgIpc) is 3.48. The first-order valence-electron chi connectivity index (χ1n) is 13.1. The van der Waals surface area contributed by atoms with Gasteiger partial charge < -0.3 is 19.9 Å². The SMILES string of the molecule is COc1ccc(C2(C(=O)Nc3cccc(-c4ccc(S(=O)(=O)N5CCC[C@@H]5CO)cc4)n3)CCOCC2)cc1.[HH].[HH].[HH]. The number of nitrogens with one attached hydrogen (secondary N) is 1. The summed E-state index contributed by atoms with van der Waals surface area (Å²) in [6, 6.07) is 19.1. The van der Waals surface area contributed by atoms with Crippen molar-refractivity contribution in [2.45, 2.75) is 42.0 Å². The molecule has 2 N–H and O–H groups in total. The number of sulfonamides is 1. The van der Waals surface area contributed by atoms with Crippen LogP contribution in [-0.4, -0.2) is 68.2 Å². The normalized spacial score (nSPS) is 19.5. The molecule has 5 rings (SSSR count). The average molecular weight is 558 g/mol. The van der Waals surface area contributed by atoms with Crippen molar-refractivity contribution in [1.82, 2.24) is 9.29 Å². The number of aliphatic hydroxyl groups is 1. The summed E-state index contributed by atoms with van der Waals surface area (Å²) < 4.78 is 38.4. The zero-order valence-corrected chi connectivity index (χ0v) is 22.7. The fourth-order valence-corrected chi connectivity index (χ4v) is 7.10. The highest BCUT2D eigenvalue weighted by Gasteiger charge is 2.42. The number of hydrogen-bond donors (Lipinski definition) is 2. The Labute approximate surface area is 233 Å². The molecule has 3 heterocycles. The van der Waals surface area contributed by atoms with Crippen LogP contribution in [0, 0.1) is 0 Å². The molecule has 39 heavy (non-hydrogen) atoms. The van der Waals surface area contributed by atoms with Gasteiger partial charge in [-0.25, -0.2) is 13.4 Å². The fraction of sp³-hybridized carbons (Fsp3) is 0.379. The van der Waals surface area contributed by atoms with Crippen LogP contribution in [0.1, 0.15) is 35.5 Å². The highest BCUT2D eigenvalue weighted by Crippen LogP contribution is 2.37. The summed E-state index contributed by atoms with van der Waals surface area (Å²) in [5, 5.41) is 12.6. The Balaban J connectivity index is 0.00000205. The summed E-state index contributed by atoms with van der Waals surface area (Å²) in [6.45, 7) is 1.19. The number of aliphatic hydroxyl groups excluding tert-OH is 1. The molecule has 9 nitrogen and oxygen atoms in total. The number of nitrogens with zero attached hydrogens (tertiary/aromatic N) is 2. The Hall–Kier alpha value is -3.31. The van der Waals surface area contributed by atoms with Gasteiger partial charge in [0.1, 0.15) is 11.6 Å². The Kier molecular flexibility index (Phi) is 7.99. The molecule has 0 bridgehead atoms.